The maximum atomic E-state index is 2.43. The molecule has 0 heterocycles. The number of rotatable bonds is 36. The summed E-state index contributed by atoms with van der Waals surface area (Å²) in [6.07, 6.45) is 50.2. The van der Waals surface area contributed by atoms with E-state index in [0.717, 1.165) is 11.8 Å². The Bertz CT molecular complexity index is 772. The van der Waals surface area contributed by atoms with Crippen molar-refractivity contribution < 1.29 is 0 Å². The molecule has 0 aromatic carbocycles. The van der Waals surface area contributed by atoms with Gasteiger partial charge in [-0.1, -0.05) is 358 Å². The number of unbranched alkanes of at least 4 members (excludes halogenated alkanes) is 14. The topological polar surface area (TPSA) is 0 Å². The van der Waals surface area contributed by atoms with Crippen LogP contribution in [0, 0.1) is 33.5 Å². The molecule has 64 heavy (non-hydrogen) atoms. The summed E-state index contributed by atoms with van der Waals surface area (Å²) in [6.45, 7) is 51.0. The average Bonchev–Trinajstić information content (AvgIpc) is 3.32. The molecule has 1 atom stereocenters. The quantitative estimate of drug-likeness (QED) is 0.0550. The van der Waals surface area contributed by atoms with Crippen LogP contribution in [0.25, 0.3) is 0 Å². The maximum absolute atomic E-state index is 2.43. The largest absolute Gasteiger partial charge is 0.0654 e. The van der Waals surface area contributed by atoms with Crippen LogP contribution in [-0.4, -0.2) is 0 Å². The van der Waals surface area contributed by atoms with Gasteiger partial charge in [0.2, 0.25) is 0 Å². The van der Waals surface area contributed by atoms with E-state index in [4.69, 9.17) is 0 Å². The molecule has 0 aromatic heterocycles. The Morgan fingerprint density at radius 3 is 0.875 bits per heavy atom. The number of hydrogen-bond donors (Lipinski definition) is 0. The summed E-state index contributed by atoms with van der Waals surface area (Å²) in [5.41, 5.74) is 2.49. The van der Waals surface area contributed by atoms with E-state index in [2.05, 4.69) is 152 Å². The van der Waals surface area contributed by atoms with E-state index in [0.29, 0.717) is 21.7 Å². The molecule has 0 saturated carbocycles. The summed E-state index contributed by atoms with van der Waals surface area (Å²) < 4.78 is 0. The molecule has 0 aliphatic carbocycles. The second kappa shape index (κ2) is 55.6. The zero-order valence-corrected chi connectivity index (χ0v) is 50.6. The Hall–Kier alpha value is 0. The van der Waals surface area contributed by atoms with E-state index in [1.807, 2.05) is 0 Å². The van der Waals surface area contributed by atoms with E-state index < -0.39 is 0 Å². The Balaban J connectivity index is -0.000000158. The molecule has 0 spiro atoms. The smallest absolute Gasteiger partial charge is 0.0331 e. The molecule has 0 N–H and O–H groups in total. The predicted molar refractivity (Wildman–Crippen MR) is 308 cm³/mol. The minimum atomic E-state index is 0.591. The standard InChI is InChI=1S/C12H26.3C11H24.C10H22.C9H20/c1-5-8-9-10-11-12(4,6-2)7-3;1-5-7-8-9-10-11(3,4)6-2;1-5-8-9-10-11(4,6-2)7-3;1-4-6-7-8-9-10-11(3)5-2;1-5-8-9-10(4,6-2)7-3;1-4-7-8-9(5-2)6-3/h5-11H2,1-4H3;2*5-10H2,1-4H3;11H,4-10H2,1-3H3;5-9H2,1-4H3;9H,4-8H2,1-3H3. The third-order valence-electron chi connectivity index (χ3n) is 16.6. The van der Waals surface area contributed by atoms with E-state index in [9.17, 15) is 0 Å². The molecule has 0 aliphatic heterocycles. The van der Waals surface area contributed by atoms with Gasteiger partial charge in [0.1, 0.15) is 0 Å². The van der Waals surface area contributed by atoms with Gasteiger partial charge in [-0.3, -0.25) is 0 Å². The molecule has 0 radical (unpaired) electrons. The zero-order valence-electron chi connectivity index (χ0n) is 50.6. The van der Waals surface area contributed by atoms with Crippen LogP contribution in [0.2, 0.25) is 0 Å². The molecular formula is C64H140. The third kappa shape index (κ3) is 58.1. The van der Waals surface area contributed by atoms with Crippen molar-refractivity contribution in [3.05, 3.63) is 0 Å². The van der Waals surface area contributed by atoms with Crippen molar-refractivity contribution in [2.75, 3.05) is 0 Å². The van der Waals surface area contributed by atoms with Gasteiger partial charge in [-0.05, 0) is 59.2 Å². The van der Waals surface area contributed by atoms with Gasteiger partial charge in [-0.25, -0.2) is 0 Å². The highest BCUT2D eigenvalue weighted by atomic mass is 14.3. The van der Waals surface area contributed by atoms with Gasteiger partial charge in [0.05, 0.1) is 0 Å². The SMILES string of the molecule is CCCCC(C)(CC)CC.CCCCC(CC)CC.CCCCCC(C)(CC)CC.CCCCCCC(C)(C)CC.CCCCCCC(C)(CC)CC.CCCCCCCC(C)CC. The van der Waals surface area contributed by atoms with E-state index in [1.165, 1.54) is 231 Å². The molecule has 0 heteroatoms. The number of hydrogen-bond acceptors (Lipinski definition) is 0. The molecular weight excluding hydrogens is 769 g/mol. The lowest BCUT2D eigenvalue weighted by atomic mass is 9.80. The van der Waals surface area contributed by atoms with Crippen LogP contribution < -0.4 is 0 Å². The van der Waals surface area contributed by atoms with Gasteiger partial charge in [0.15, 0.2) is 0 Å². The van der Waals surface area contributed by atoms with E-state index in [-0.39, 0.29) is 0 Å². The maximum Gasteiger partial charge on any atom is -0.0331 e. The first-order valence-corrected chi connectivity index (χ1v) is 30.3. The van der Waals surface area contributed by atoms with Crippen molar-refractivity contribution in [3.8, 4) is 0 Å². The van der Waals surface area contributed by atoms with Crippen molar-refractivity contribution in [2.24, 2.45) is 33.5 Å². The van der Waals surface area contributed by atoms with Crippen molar-refractivity contribution in [1.82, 2.24) is 0 Å². The van der Waals surface area contributed by atoms with Crippen LogP contribution in [-0.2, 0) is 0 Å². The normalized spacial score (nSPS) is 12.0. The summed E-state index contributed by atoms with van der Waals surface area (Å²) >= 11 is 0. The molecule has 0 rings (SSSR count). The molecule has 0 nitrogen and oxygen atoms in total. The molecule has 0 amide bonds. The fraction of sp³-hybridized carbons (Fsp3) is 1.00. The lowest BCUT2D eigenvalue weighted by Gasteiger charge is -2.26. The van der Waals surface area contributed by atoms with Gasteiger partial charge in [-0.15, -0.1) is 0 Å². The monoisotopic (exact) mass is 909 g/mol. The Morgan fingerprint density at radius 1 is 0.266 bits per heavy atom. The average molecular weight is 910 g/mol. The highest BCUT2D eigenvalue weighted by Crippen LogP contribution is 2.33. The first-order valence-electron chi connectivity index (χ1n) is 30.3. The molecule has 0 bridgehead atoms. The van der Waals surface area contributed by atoms with Crippen molar-refractivity contribution >= 4 is 0 Å². The van der Waals surface area contributed by atoms with E-state index >= 15 is 0 Å². The first kappa shape index (κ1) is 75.5. The third-order valence-corrected chi connectivity index (χ3v) is 16.6. The predicted octanol–water partition coefficient (Wildman–Crippen LogP) is 25.6. The van der Waals surface area contributed by atoms with Gasteiger partial charge in [0, 0.05) is 0 Å². The van der Waals surface area contributed by atoms with Crippen LogP contribution in [0.5, 0.6) is 0 Å². The summed E-state index contributed by atoms with van der Waals surface area (Å²) in [5.74, 6) is 1.96. The van der Waals surface area contributed by atoms with Crippen molar-refractivity contribution in [2.45, 2.75) is 383 Å². The second-order valence-corrected chi connectivity index (χ2v) is 22.8. The van der Waals surface area contributed by atoms with Crippen LogP contribution in [0.3, 0.4) is 0 Å². The minimum Gasteiger partial charge on any atom is -0.0654 e. The second-order valence-electron chi connectivity index (χ2n) is 22.8. The molecule has 0 saturated heterocycles. The Kier molecular flexibility index (Phi) is 65.6. The minimum absolute atomic E-state index is 0.591. The summed E-state index contributed by atoms with van der Waals surface area (Å²) in [5, 5.41) is 0. The van der Waals surface area contributed by atoms with Gasteiger partial charge < -0.3 is 0 Å². The van der Waals surface area contributed by atoms with Crippen LogP contribution in [0.15, 0.2) is 0 Å². The van der Waals surface area contributed by atoms with Crippen molar-refractivity contribution in [1.29, 1.82) is 0 Å². The van der Waals surface area contributed by atoms with Gasteiger partial charge in [-0.2, -0.15) is 0 Å². The van der Waals surface area contributed by atoms with E-state index in [1.54, 1.807) is 0 Å². The molecule has 0 aliphatic rings. The molecule has 0 aromatic rings. The molecule has 396 valence electrons. The molecule has 0 fully saturated rings. The van der Waals surface area contributed by atoms with Crippen LogP contribution in [0.1, 0.15) is 383 Å². The van der Waals surface area contributed by atoms with Crippen molar-refractivity contribution in [3.63, 3.8) is 0 Å². The summed E-state index contributed by atoms with van der Waals surface area (Å²) in [4.78, 5) is 0. The zero-order chi connectivity index (χ0) is 50.6. The lowest BCUT2D eigenvalue weighted by molar-refractivity contribution is 0.262. The first-order chi connectivity index (χ1) is 30.3. The van der Waals surface area contributed by atoms with Gasteiger partial charge >= 0.3 is 0 Å². The fourth-order valence-corrected chi connectivity index (χ4v) is 7.89. The van der Waals surface area contributed by atoms with Gasteiger partial charge in [0.25, 0.3) is 0 Å². The Morgan fingerprint density at radius 2 is 0.562 bits per heavy atom. The van der Waals surface area contributed by atoms with Crippen LogP contribution >= 0.6 is 0 Å². The summed E-state index contributed by atoms with van der Waals surface area (Å²) in [7, 11) is 0. The Labute approximate surface area is 415 Å². The lowest BCUT2D eigenvalue weighted by Crippen LogP contribution is -2.13. The van der Waals surface area contributed by atoms with Crippen LogP contribution in [0.4, 0.5) is 0 Å². The highest BCUT2D eigenvalue weighted by molar-refractivity contribution is 4.72. The summed E-state index contributed by atoms with van der Waals surface area (Å²) in [6, 6.07) is 0. The molecule has 1 unspecified atom stereocenters. The fourth-order valence-electron chi connectivity index (χ4n) is 7.89. The highest BCUT2D eigenvalue weighted by Gasteiger charge is 2.19.